The number of benzene rings is 1. The van der Waals surface area contributed by atoms with Crippen LogP contribution in [-0.2, 0) is 10.0 Å². The quantitative estimate of drug-likeness (QED) is 0.707. The zero-order valence-electron chi connectivity index (χ0n) is 9.35. The monoisotopic (exact) mass is 322 g/mol. The van der Waals surface area contributed by atoms with E-state index in [1.165, 1.54) is 12.1 Å². The molecule has 1 rings (SSSR count). The third-order valence-electron chi connectivity index (χ3n) is 2.20. The first kappa shape index (κ1) is 14.4. The van der Waals surface area contributed by atoms with E-state index in [1.807, 2.05) is 0 Å². The highest BCUT2D eigenvalue weighted by Gasteiger charge is 2.17. The van der Waals surface area contributed by atoms with E-state index < -0.39 is 10.0 Å². The van der Waals surface area contributed by atoms with Crippen molar-refractivity contribution >= 4 is 31.6 Å². The van der Waals surface area contributed by atoms with Crippen molar-refractivity contribution in [2.45, 2.75) is 24.3 Å². The van der Waals surface area contributed by atoms with Gasteiger partial charge in [0.15, 0.2) is 0 Å². The van der Waals surface area contributed by atoms with Crippen LogP contribution in [0.3, 0.4) is 0 Å². The molecule has 1 atom stereocenters. The summed E-state index contributed by atoms with van der Waals surface area (Å²) >= 11 is 3.20. The highest BCUT2D eigenvalue weighted by molar-refractivity contribution is 9.10. The summed E-state index contributed by atoms with van der Waals surface area (Å²) in [5.74, 6) is 0. The van der Waals surface area contributed by atoms with Gasteiger partial charge in [-0.25, -0.2) is 13.1 Å². The Kier molecular flexibility index (Phi) is 4.93. The van der Waals surface area contributed by atoms with Gasteiger partial charge in [0.1, 0.15) is 0 Å². The van der Waals surface area contributed by atoms with Crippen LogP contribution in [0.1, 0.15) is 13.3 Å². The smallest absolute Gasteiger partial charge is 0.240 e. The summed E-state index contributed by atoms with van der Waals surface area (Å²) in [6, 6.07) is 4.11. The first-order valence-electron chi connectivity index (χ1n) is 5.05. The molecule has 17 heavy (non-hydrogen) atoms. The van der Waals surface area contributed by atoms with Gasteiger partial charge in [-0.15, -0.1) is 0 Å². The topological polar surface area (TPSA) is 92.4 Å². The maximum absolute atomic E-state index is 11.9. The summed E-state index contributed by atoms with van der Waals surface area (Å²) in [6.07, 6.45) is 0.366. The van der Waals surface area contributed by atoms with Crippen LogP contribution in [0.5, 0.6) is 0 Å². The van der Waals surface area contributed by atoms with Gasteiger partial charge in [-0.3, -0.25) is 0 Å². The number of hydrogen-bond donors (Lipinski definition) is 3. The average molecular weight is 323 g/mol. The Morgan fingerprint density at radius 2 is 2.18 bits per heavy atom. The van der Waals surface area contributed by atoms with Crippen molar-refractivity contribution in [1.82, 2.24) is 4.72 Å². The summed E-state index contributed by atoms with van der Waals surface area (Å²) in [5, 5.41) is 8.72. The second-order valence-electron chi connectivity index (χ2n) is 3.72. The molecule has 0 aliphatic rings. The van der Waals surface area contributed by atoms with Gasteiger partial charge in [0.2, 0.25) is 10.0 Å². The molecule has 0 amide bonds. The van der Waals surface area contributed by atoms with Gasteiger partial charge in [0.25, 0.3) is 0 Å². The van der Waals surface area contributed by atoms with Gasteiger partial charge in [-0.05, 0) is 47.5 Å². The Labute approximate surface area is 109 Å². The number of nitrogens with two attached hydrogens (primary N) is 1. The van der Waals surface area contributed by atoms with Crippen LogP contribution in [0.25, 0.3) is 0 Å². The lowest BCUT2D eigenvalue weighted by Gasteiger charge is -2.13. The average Bonchev–Trinajstić information content (AvgIpc) is 2.21. The molecule has 0 fully saturated rings. The van der Waals surface area contributed by atoms with E-state index >= 15 is 0 Å². The predicted molar refractivity (Wildman–Crippen MR) is 70.0 cm³/mol. The molecule has 0 heterocycles. The number of anilines is 1. The number of nitrogen functional groups attached to an aromatic ring is 1. The normalized spacial score (nSPS) is 13.6. The second kappa shape index (κ2) is 5.81. The SMILES string of the molecule is CC(CCO)NS(=O)(=O)c1ccc(Br)c(N)c1. The molecule has 1 aromatic rings. The maximum atomic E-state index is 11.9. The van der Waals surface area contributed by atoms with Gasteiger partial charge in [0, 0.05) is 22.8 Å². The maximum Gasteiger partial charge on any atom is 0.240 e. The van der Waals surface area contributed by atoms with E-state index in [1.54, 1.807) is 13.0 Å². The van der Waals surface area contributed by atoms with Gasteiger partial charge in [-0.2, -0.15) is 0 Å². The minimum Gasteiger partial charge on any atom is -0.398 e. The van der Waals surface area contributed by atoms with Crippen LogP contribution < -0.4 is 10.5 Å². The van der Waals surface area contributed by atoms with Crippen LogP contribution in [0.2, 0.25) is 0 Å². The number of aliphatic hydroxyl groups excluding tert-OH is 1. The summed E-state index contributed by atoms with van der Waals surface area (Å²) in [5.41, 5.74) is 5.99. The molecular weight excluding hydrogens is 308 g/mol. The molecule has 1 aromatic carbocycles. The summed E-state index contributed by atoms with van der Waals surface area (Å²) in [4.78, 5) is 0.114. The van der Waals surface area contributed by atoms with E-state index in [0.717, 1.165) is 0 Å². The van der Waals surface area contributed by atoms with Gasteiger partial charge < -0.3 is 10.8 Å². The third-order valence-corrected chi connectivity index (χ3v) is 4.51. The summed E-state index contributed by atoms with van der Waals surface area (Å²) in [7, 11) is -3.58. The number of rotatable bonds is 5. The van der Waals surface area contributed by atoms with Crippen molar-refractivity contribution in [1.29, 1.82) is 0 Å². The first-order valence-corrected chi connectivity index (χ1v) is 7.32. The van der Waals surface area contributed by atoms with Gasteiger partial charge in [-0.1, -0.05) is 0 Å². The molecular formula is C10H15BrN2O3S. The number of sulfonamides is 1. The zero-order chi connectivity index (χ0) is 13.1. The molecule has 5 nitrogen and oxygen atoms in total. The molecule has 4 N–H and O–H groups in total. The van der Waals surface area contributed by atoms with E-state index in [2.05, 4.69) is 20.7 Å². The Morgan fingerprint density at radius 1 is 1.53 bits per heavy atom. The number of halogens is 1. The molecule has 96 valence electrons. The summed E-state index contributed by atoms with van der Waals surface area (Å²) < 4.78 is 26.9. The molecule has 0 saturated carbocycles. The lowest BCUT2D eigenvalue weighted by Crippen LogP contribution is -2.33. The van der Waals surface area contributed by atoms with Crippen molar-refractivity contribution in [2.75, 3.05) is 12.3 Å². The highest BCUT2D eigenvalue weighted by atomic mass is 79.9. The molecule has 0 aliphatic heterocycles. The van der Waals surface area contributed by atoms with E-state index in [9.17, 15) is 8.42 Å². The standard InChI is InChI=1S/C10H15BrN2O3S/c1-7(4-5-14)13-17(15,16)8-2-3-9(11)10(12)6-8/h2-3,6-7,13-14H,4-5,12H2,1H3. The Hall–Kier alpha value is -0.630. The Bertz CT molecular complexity index is 490. The molecule has 7 heteroatoms. The van der Waals surface area contributed by atoms with Crippen LogP contribution in [0.15, 0.2) is 27.6 Å². The third kappa shape index (κ3) is 3.95. The van der Waals surface area contributed by atoms with Gasteiger partial charge >= 0.3 is 0 Å². The zero-order valence-corrected chi connectivity index (χ0v) is 11.8. The van der Waals surface area contributed by atoms with Crippen LogP contribution in [0.4, 0.5) is 5.69 Å². The molecule has 1 unspecified atom stereocenters. The van der Waals surface area contributed by atoms with Crippen molar-refractivity contribution in [3.05, 3.63) is 22.7 Å². The van der Waals surface area contributed by atoms with Crippen molar-refractivity contribution < 1.29 is 13.5 Å². The van der Waals surface area contributed by atoms with Gasteiger partial charge in [0.05, 0.1) is 4.90 Å². The summed E-state index contributed by atoms with van der Waals surface area (Å²) in [6.45, 7) is 1.63. The van der Waals surface area contributed by atoms with E-state index in [4.69, 9.17) is 10.8 Å². The molecule has 0 bridgehead atoms. The molecule has 0 saturated heterocycles. The molecule has 0 spiro atoms. The fourth-order valence-electron chi connectivity index (χ4n) is 1.27. The van der Waals surface area contributed by atoms with E-state index in [0.29, 0.717) is 16.6 Å². The number of aliphatic hydroxyl groups is 1. The number of hydrogen-bond acceptors (Lipinski definition) is 4. The second-order valence-corrected chi connectivity index (χ2v) is 6.29. The molecule has 0 aliphatic carbocycles. The minimum atomic E-state index is -3.58. The lowest BCUT2D eigenvalue weighted by atomic mass is 10.3. The first-order chi connectivity index (χ1) is 7.86. The van der Waals surface area contributed by atoms with Crippen molar-refractivity contribution in [3.8, 4) is 0 Å². The largest absolute Gasteiger partial charge is 0.398 e. The highest BCUT2D eigenvalue weighted by Crippen LogP contribution is 2.22. The molecule has 0 aromatic heterocycles. The van der Waals surface area contributed by atoms with Crippen molar-refractivity contribution in [3.63, 3.8) is 0 Å². The fraction of sp³-hybridized carbons (Fsp3) is 0.400. The Balaban J connectivity index is 2.93. The predicted octanol–water partition coefficient (Wildman–Crippen LogP) is 1.08. The minimum absolute atomic E-state index is 0.0633. The van der Waals surface area contributed by atoms with Crippen molar-refractivity contribution in [2.24, 2.45) is 0 Å². The lowest BCUT2D eigenvalue weighted by molar-refractivity contribution is 0.275. The Morgan fingerprint density at radius 3 is 2.71 bits per heavy atom. The van der Waals surface area contributed by atoms with E-state index in [-0.39, 0.29) is 17.5 Å². The van der Waals surface area contributed by atoms with Crippen LogP contribution in [-0.4, -0.2) is 26.2 Å². The van der Waals surface area contributed by atoms with Crippen LogP contribution >= 0.6 is 15.9 Å². The fourth-order valence-corrected chi connectivity index (χ4v) is 2.83. The number of nitrogens with one attached hydrogen (secondary N) is 1. The van der Waals surface area contributed by atoms with Crippen LogP contribution in [0, 0.1) is 0 Å². The molecule has 0 radical (unpaired) electrons.